The van der Waals surface area contributed by atoms with Crippen molar-refractivity contribution in [1.29, 1.82) is 0 Å². The van der Waals surface area contributed by atoms with Gasteiger partial charge in [-0.3, -0.25) is 9.69 Å². The summed E-state index contributed by atoms with van der Waals surface area (Å²) in [5.41, 5.74) is 2.15. The van der Waals surface area contributed by atoms with Crippen LogP contribution in [0.25, 0.3) is 0 Å². The molecule has 3 fully saturated rings. The van der Waals surface area contributed by atoms with Crippen molar-refractivity contribution in [2.45, 2.75) is 44.8 Å². The molecule has 0 spiro atoms. The summed E-state index contributed by atoms with van der Waals surface area (Å²) in [6, 6.07) is 8.15. The summed E-state index contributed by atoms with van der Waals surface area (Å²) in [7, 11) is 0. The maximum atomic E-state index is 12.5. The Morgan fingerprint density at radius 2 is 1.83 bits per heavy atom. The number of para-hydroxylation sites is 1. The highest BCUT2D eigenvalue weighted by Crippen LogP contribution is 2.57. The van der Waals surface area contributed by atoms with E-state index in [1.54, 1.807) is 0 Å². The van der Waals surface area contributed by atoms with E-state index in [1.165, 1.54) is 24.8 Å². The standard InChI is InChI=1S/C19H26N2O2/c22-14-8-10-21(11-9-14)12-13-4-1-2-7-17(13)20-19(23)18-15-5-3-6-16(15)18/h1-2,4,7,14-16,18,22H,3,5-6,8-12H2,(H,20,23). The first-order valence-corrected chi connectivity index (χ1v) is 9.01. The molecule has 1 heterocycles. The van der Waals surface area contributed by atoms with Gasteiger partial charge in [0.15, 0.2) is 0 Å². The van der Waals surface area contributed by atoms with Gasteiger partial charge in [0.05, 0.1) is 6.10 Å². The molecule has 124 valence electrons. The van der Waals surface area contributed by atoms with E-state index in [9.17, 15) is 9.90 Å². The van der Waals surface area contributed by atoms with Crippen LogP contribution in [0, 0.1) is 17.8 Å². The third-order valence-electron chi connectivity index (χ3n) is 5.94. The molecule has 23 heavy (non-hydrogen) atoms. The maximum Gasteiger partial charge on any atom is 0.228 e. The molecule has 4 rings (SSSR count). The number of nitrogens with one attached hydrogen (secondary N) is 1. The van der Waals surface area contributed by atoms with Gasteiger partial charge in [-0.25, -0.2) is 0 Å². The zero-order chi connectivity index (χ0) is 15.8. The van der Waals surface area contributed by atoms with Crippen LogP contribution in [0.1, 0.15) is 37.7 Å². The average molecular weight is 314 g/mol. The van der Waals surface area contributed by atoms with Crippen molar-refractivity contribution in [2.24, 2.45) is 17.8 Å². The van der Waals surface area contributed by atoms with Crippen LogP contribution in [0.2, 0.25) is 0 Å². The van der Waals surface area contributed by atoms with Gasteiger partial charge in [0.25, 0.3) is 0 Å². The number of anilines is 1. The minimum atomic E-state index is -0.143. The van der Waals surface area contributed by atoms with Gasteiger partial charge in [-0.05, 0) is 49.1 Å². The summed E-state index contributed by atoms with van der Waals surface area (Å²) in [6.45, 7) is 2.70. The molecule has 1 saturated heterocycles. The van der Waals surface area contributed by atoms with E-state index in [2.05, 4.69) is 16.3 Å². The lowest BCUT2D eigenvalue weighted by molar-refractivity contribution is -0.118. The lowest BCUT2D eigenvalue weighted by Gasteiger charge is -2.30. The van der Waals surface area contributed by atoms with Gasteiger partial charge in [-0.15, -0.1) is 0 Å². The third kappa shape index (κ3) is 3.15. The molecule has 4 nitrogen and oxygen atoms in total. The predicted octanol–water partition coefficient (Wildman–Crippen LogP) is 2.63. The molecule has 3 aliphatic rings. The molecule has 0 aromatic heterocycles. The van der Waals surface area contributed by atoms with Gasteiger partial charge in [0, 0.05) is 31.2 Å². The SMILES string of the molecule is O=C(Nc1ccccc1CN1CCC(O)CC1)C1C2CCCC21. The second kappa shape index (κ2) is 6.25. The summed E-state index contributed by atoms with van der Waals surface area (Å²) in [6.07, 6.45) is 5.33. The number of piperidine rings is 1. The number of hydrogen-bond acceptors (Lipinski definition) is 3. The molecule has 2 N–H and O–H groups in total. The summed E-state index contributed by atoms with van der Waals surface area (Å²) >= 11 is 0. The number of aliphatic hydroxyl groups excluding tert-OH is 1. The number of amides is 1. The normalized spacial score (nSPS) is 30.9. The van der Waals surface area contributed by atoms with Crippen LogP contribution >= 0.6 is 0 Å². The van der Waals surface area contributed by atoms with Crippen LogP contribution in [0.5, 0.6) is 0 Å². The molecular formula is C19H26N2O2. The summed E-state index contributed by atoms with van der Waals surface area (Å²) in [4.78, 5) is 14.9. The first kappa shape index (κ1) is 15.2. The predicted molar refractivity (Wildman–Crippen MR) is 89.9 cm³/mol. The smallest absolute Gasteiger partial charge is 0.228 e. The van der Waals surface area contributed by atoms with Crippen molar-refractivity contribution in [3.8, 4) is 0 Å². The fourth-order valence-corrected chi connectivity index (χ4v) is 4.52. The van der Waals surface area contributed by atoms with Crippen LogP contribution in [0.3, 0.4) is 0 Å². The number of carbonyl (C=O) groups is 1. The van der Waals surface area contributed by atoms with E-state index in [0.29, 0.717) is 11.8 Å². The highest BCUT2D eigenvalue weighted by molar-refractivity contribution is 5.95. The topological polar surface area (TPSA) is 52.6 Å². The Morgan fingerprint density at radius 3 is 2.57 bits per heavy atom. The molecule has 1 aromatic rings. The summed E-state index contributed by atoms with van der Waals surface area (Å²) in [5.74, 6) is 1.81. The second-order valence-corrected chi connectivity index (χ2v) is 7.44. The molecule has 4 heteroatoms. The second-order valence-electron chi connectivity index (χ2n) is 7.44. The number of rotatable bonds is 4. The monoisotopic (exact) mass is 314 g/mol. The van der Waals surface area contributed by atoms with Crippen molar-refractivity contribution >= 4 is 11.6 Å². The molecule has 1 aliphatic heterocycles. The molecular weight excluding hydrogens is 288 g/mol. The number of likely N-dealkylation sites (tertiary alicyclic amines) is 1. The molecule has 2 saturated carbocycles. The van der Waals surface area contributed by atoms with Crippen LogP contribution in [0.4, 0.5) is 5.69 Å². The van der Waals surface area contributed by atoms with Crippen molar-refractivity contribution in [1.82, 2.24) is 4.90 Å². The van der Waals surface area contributed by atoms with E-state index >= 15 is 0 Å². The zero-order valence-corrected chi connectivity index (χ0v) is 13.6. The summed E-state index contributed by atoms with van der Waals surface area (Å²) < 4.78 is 0. The maximum absolute atomic E-state index is 12.5. The molecule has 0 bridgehead atoms. The molecule has 2 aliphatic carbocycles. The number of carbonyl (C=O) groups excluding carboxylic acids is 1. The Morgan fingerprint density at radius 1 is 1.13 bits per heavy atom. The van der Waals surface area contributed by atoms with Gasteiger partial charge in [0.1, 0.15) is 0 Å². The molecule has 2 unspecified atom stereocenters. The van der Waals surface area contributed by atoms with Crippen molar-refractivity contribution in [3.63, 3.8) is 0 Å². The van der Waals surface area contributed by atoms with E-state index < -0.39 is 0 Å². The Labute approximate surface area is 137 Å². The van der Waals surface area contributed by atoms with Gasteiger partial charge in [0.2, 0.25) is 5.91 Å². The van der Waals surface area contributed by atoms with Gasteiger partial charge < -0.3 is 10.4 Å². The van der Waals surface area contributed by atoms with Gasteiger partial charge in [-0.1, -0.05) is 24.6 Å². The van der Waals surface area contributed by atoms with E-state index in [-0.39, 0.29) is 17.9 Å². The Hall–Kier alpha value is -1.39. The van der Waals surface area contributed by atoms with E-state index in [1.807, 2.05) is 18.2 Å². The van der Waals surface area contributed by atoms with Crippen LogP contribution in [-0.4, -0.2) is 35.1 Å². The zero-order valence-electron chi connectivity index (χ0n) is 13.6. The minimum Gasteiger partial charge on any atom is -0.393 e. The molecule has 1 aromatic carbocycles. The van der Waals surface area contributed by atoms with E-state index in [0.717, 1.165) is 38.2 Å². The van der Waals surface area contributed by atoms with E-state index in [4.69, 9.17) is 0 Å². The van der Waals surface area contributed by atoms with Crippen molar-refractivity contribution < 1.29 is 9.90 Å². The number of nitrogens with zero attached hydrogens (tertiary/aromatic N) is 1. The fraction of sp³-hybridized carbons (Fsp3) is 0.632. The number of benzene rings is 1. The third-order valence-corrected chi connectivity index (χ3v) is 5.94. The van der Waals surface area contributed by atoms with Crippen LogP contribution in [-0.2, 0) is 11.3 Å². The van der Waals surface area contributed by atoms with Crippen molar-refractivity contribution in [3.05, 3.63) is 29.8 Å². The Kier molecular flexibility index (Phi) is 4.12. The molecule has 1 amide bonds. The quantitative estimate of drug-likeness (QED) is 0.898. The first-order chi connectivity index (χ1) is 11.2. The van der Waals surface area contributed by atoms with Crippen molar-refractivity contribution in [2.75, 3.05) is 18.4 Å². The fourth-order valence-electron chi connectivity index (χ4n) is 4.52. The lowest BCUT2D eigenvalue weighted by atomic mass is 10.1. The first-order valence-electron chi connectivity index (χ1n) is 9.01. The highest BCUT2D eigenvalue weighted by atomic mass is 16.3. The largest absolute Gasteiger partial charge is 0.393 e. The number of fused-ring (bicyclic) bond motifs is 1. The average Bonchev–Trinajstić information content (AvgIpc) is 3.04. The van der Waals surface area contributed by atoms with Crippen LogP contribution < -0.4 is 5.32 Å². The Balaban J connectivity index is 1.39. The molecule has 2 atom stereocenters. The van der Waals surface area contributed by atoms with Crippen LogP contribution in [0.15, 0.2) is 24.3 Å². The molecule has 0 radical (unpaired) electrons. The Bertz CT molecular complexity index is 570. The summed E-state index contributed by atoms with van der Waals surface area (Å²) in [5, 5.41) is 12.8. The lowest BCUT2D eigenvalue weighted by Crippen LogP contribution is -2.35. The highest BCUT2D eigenvalue weighted by Gasteiger charge is 2.56. The number of aliphatic hydroxyl groups is 1. The van der Waals surface area contributed by atoms with Gasteiger partial charge in [-0.2, -0.15) is 0 Å². The minimum absolute atomic E-state index is 0.143. The van der Waals surface area contributed by atoms with Gasteiger partial charge >= 0.3 is 0 Å². The number of hydrogen-bond donors (Lipinski definition) is 2.